The molecule has 0 radical (unpaired) electrons. The molecule has 144 valence electrons. The highest BCUT2D eigenvalue weighted by atomic mass is 35.5. The molecule has 0 aromatic heterocycles. The molecule has 0 saturated heterocycles. The number of hydrogen-bond donors (Lipinski definition) is 1. The fourth-order valence-corrected chi connectivity index (χ4v) is 2.93. The van der Waals surface area contributed by atoms with Gasteiger partial charge in [-0.25, -0.2) is 0 Å². The van der Waals surface area contributed by atoms with Gasteiger partial charge < -0.3 is 14.8 Å². The molecule has 0 spiro atoms. The summed E-state index contributed by atoms with van der Waals surface area (Å²) in [6, 6.07) is 21.9. The first kappa shape index (κ1) is 20.1. The highest BCUT2D eigenvalue weighted by Crippen LogP contribution is 2.29. The molecule has 0 bridgehead atoms. The molecule has 0 saturated carbocycles. The van der Waals surface area contributed by atoms with Crippen LogP contribution in [0.5, 0.6) is 11.5 Å². The van der Waals surface area contributed by atoms with Gasteiger partial charge in [-0.15, -0.1) is 0 Å². The van der Waals surface area contributed by atoms with Gasteiger partial charge in [0.05, 0.1) is 10.7 Å². The normalized spacial score (nSPS) is 11.5. The number of rotatable bonds is 7. The molecule has 6 heteroatoms. The Balaban J connectivity index is 1.64. The zero-order valence-electron chi connectivity index (χ0n) is 15.2. The van der Waals surface area contributed by atoms with Crippen molar-refractivity contribution in [1.82, 2.24) is 0 Å². The van der Waals surface area contributed by atoms with Gasteiger partial charge in [-0.3, -0.25) is 4.79 Å². The monoisotopic (exact) mass is 415 g/mol. The fourth-order valence-electron chi connectivity index (χ4n) is 2.48. The van der Waals surface area contributed by atoms with Gasteiger partial charge >= 0.3 is 0 Å². The highest BCUT2D eigenvalue weighted by Gasteiger charge is 2.18. The van der Waals surface area contributed by atoms with E-state index in [2.05, 4.69) is 5.32 Å². The maximum atomic E-state index is 12.6. The lowest BCUT2D eigenvalue weighted by atomic mass is 10.2. The summed E-state index contributed by atoms with van der Waals surface area (Å²) in [6.07, 6.45) is -0.763. The van der Waals surface area contributed by atoms with Crippen molar-refractivity contribution in [2.24, 2.45) is 0 Å². The fraction of sp³-hybridized carbons (Fsp3) is 0.136. The van der Waals surface area contributed by atoms with Crippen LogP contribution in [0, 0.1) is 0 Å². The Morgan fingerprint density at radius 2 is 1.68 bits per heavy atom. The molecule has 0 heterocycles. The smallest absolute Gasteiger partial charge is 0.265 e. The Morgan fingerprint density at radius 3 is 2.43 bits per heavy atom. The standard InChI is InChI=1S/C22H19Cl2NO3/c1-15(28-20-12-11-17(23)13-18(20)24)22(26)25-19-9-5-6-10-21(19)27-14-16-7-3-2-4-8-16/h2-13,15H,14H2,1H3,(H,25,26). The second-order valence-corrected chi connectivity index (χ2v) is 6.94. The van der Waals surface area contributed by atoms with Gasteiger partial charge in [0, 0.05) is 5.02 Å². The predicted molar refractivity (Wildman–Crippen MR) is 112 cm³/mol. The van der Waals surface area contributed by atoms with Gasteiger partial charge in [-0.1, -0.05) is 65.7 Å². The third-order valence-corrected chi connectivity index (χ3v) is 4.48. The summed E-state index contributed by atoms with van der Waals surface area (Å²) < 4.78 is 11.5. The molecule has 1 N–H and O–H groups in total. The molecule has 28 heavy (non-hydrogen) atoms. The first-order valence-corrected chi connectivity index (χ1v) is 9.47. The molecule has 1 atom stereocenters. The van der Waals surface area contributed by atoms with Crippen LogP contribution in [0.25, 0.3) is 0 Å². The van der Waals surface area contributed by atoms with Gasteiger partial charge in [0.25, 0.3) is 5.91 Å². The molecule has 1 unspecified atom stereocenters. The zero-order valence-corrected chi connectivity index (χ0v) is 16.7. The number of anilines is 1. The lowest BCUT2D eigenvalue weighted by Gasteiger charge is -2.17. The number of carbonyl (C=O) groups is 1. The molecule has 0 aliphatic carbocycles. The van der Waals surface area contributed by atoms with Gasteiger partial charge in [-0.2, -0.15) is 0 Å². The molecule has 1 amide bonds. The Morgan fingerprint density at radius 1 is 0.964 bits per heavy atom. The number of ether oxygens (including phenoxy) is 2. The molecular weight excluding hydrogens is 397 g/mol. The van der Waals surface area contributed by atoms with Crippen LogP contribution in [0.15, 0.2) is 72.8 Å². The zero-order chi connectivity index (χ0) is 19.9. The van der Waals surface area contributed by atoms with Gasteiger partial charge in [0.2, 0.25) is 0 Å². The van der Waals surface area contributed by atoms with Gasteiger partial charge in [-0.05, 0) is 42.8 Å². The number of benzene rings is 3. The summed E-state index contributed by atoms with van der Waals surface area (Å²) in [6.45, 7) is 2.05. The van der Waals surface area contributed by atoms with Crippen molar-refractivity contribution < 1.29 is 14.3 Å². The van der Waals surface area contributed by atoms with Gasteiger partial charge in [0.1, 0.15) is 18.1 Å². The Bertz CT molecular complexity index is 948. The lowest BCUT2D eigenvalue weighted by molar-refractivity contribution is -0.122. The number of nitrogens with one attached hydrogen (secondary N) is 1. The average molecular weight is 416 g/mol. The van der Waals surface area contributed by atoms with E-state index in [4.69, 9.17) is 32.7 Å². The number of carbonyl (C=O) groups excluding carboxylic acids is 1. The van der Waals surface area contributed by atoms with E-state index in [0.717, 1.165) is 5.56 Å². The predicted octanol–water partition coefficient (Wildman–Crippen LogP) is 5.98. The third-order valence-electron chi connectivity index (χ3n) is 3.95. The van der Waals surface area contributed by atoms with Crippen molar-refractivity contribution in [3.05, 3.63) is 88.4 Å². The number of hydrogen-bond acceptors (Lipinski definition) is 3. The summed E-state index contributed by atoms with van der Waals surface area (Å²) in [5, 5.41) is 3.68. The molecule has 0 fully saturated rings. The van der Waals surface area contributed by atoms with E-state index < -0.39 is 6.10 Å². The number of para-hydroxylation sites is 2. The van der Waals surface area contributed by atoms with E-state index in [-0.39, 0.29) is 5.91 Å². The van der Waals surface area contributed by atoms with Gasteiger partial charge in [0.15, 0.2) is 6.10 Å². The van der Waals surface area contributed by atoms with Crippen molar-refractivity contribution in [2.75, 3.05) is 5.32 Å². The first-order chi connectivity index (χ1) is 13.5. The summed E-state index contributed by atoms with van der Waals surface area (Å²) in [5.41, 5.74) is 1.61. The summed E-state index contributed by atoms with van der Waals surface area (Å²) >= 11 is 12.0. The molecular formula is C22H19Cl2NO3. The topological polar surface area (TPSA) is 47.6 Å². The first-order valence-electron chi connectivity index (χ1n) is 8.71. The van der Waals surface area contributed by atoms with Crippen LogP contribution in [-0.4, -0.2) is 12.0 Å². The minimum Gasteiger partial charge on any atom is -0.487 e. The molecule has 4 nitrogen and oxygen atoms in total. The third kappa shape index (κ3) is 5.41. The van der Waals surface area contributed by atoms with E-state index in [1.54, 1.807) is 37.3 Å². The Kier molecular flexibility index (Phi) is 6.80. The largest absolute Gasteiger partial charge is 0.487 e. The van der Waals surface area contributed by atoms with Crippen LogP contribution in [0.4, 0.5) is 5.69 Å². The van der Waals surface area contributed by atoms with Crippen LogP contribution < -0.4 is 14.8 Å². The van der Waals surface area contributed by atoms with Crippen molar-refractivity contribution >= 4 is 34.8 Å². The maximum Gasteiger partial charge on any atom is 0.265 e. The van der Waals surface area contributed by atoms with Crippen molar-refractivity contribution in [2.45, 2.75) is 19.6 Å². The van der Waals surface area contributed by atoms with E-state index in [9.17, 15) is 4.79 Å². The van der Waals surface area contributed by atoms with Crippen LogP contribution in [0.3, 0.4) is 0 Å². The Labute approximate surface area is 174 Å². The molecule has 0 aliphatic heterocycles. The minimum absolute atomic E-state index is 0.318. The van der Waals surface area contributed by atoms with Crippen LogP contribution in [0.1, 0.15) is 12.5 Å². The highest BCUT2D eigenvalue weighted by molar-refractivity contribution is 6.35. The molecule has 3 aromatic rings. The van der Waals surface area contributed by atoms with Crippen LogP contribution in [0.2, 0.25) is 10.0 Å². The second kappa shape index (κ2) is 9.49. The SMILES string of the molecule is CC(Oc1ccc(Cl)cc1Cl)C(=O)Nc1ccccc1OCc1ccccc1. The average Bonchev–Trinajstić information content (AvgIpc) is 2.70. The summed E-state index contributed by atoms with van der Waals surface area (Å²) in [5.74, 6) is 0.653. The van der Waals surface area contributed by atoms with Crippen LogP contribution in [-0.2, 0) is 11.4 Å². The molecule has 3 rings (SSSR count). The minimum atomic E-state index is -0.763. The van der Waals surface area contributed by atoms with E-state index >= 15 is 0 Å². The number of amides is 1. The molecule has 3 aromatic carbocycles. The van der Waals surface area contributed by atoms with Crippen molar-refractivity contribution in [1.29, 1.82) is 0 Å². The lowest BCUT2D eigenvalue weighted by Crippen LogP contribution is -2.30. The Hall–Kier alpha value is -2.69. The van der Waals surface area contributed by atoms with E-state index in [1.165, 1.54) is 0 Å². The second-order valence-electron chi connectivity index (χ2n) is 6.09. The maximum absolute atomic E-state index is 12.6. The van der Waals surface area contributed by atoms with Crippen molar-refractivity contribution in [3.8, 4) is 11.5 Å². The van der Waals surface area contributed by atoms with Crippen LogP contribution >= 0.6 is 23.2 Å². The van der Waals surface area contributed by atoms with Crippen molar-refractivity contribution in [3.63, 3.8) is 0 Å². The van der Waals surface area contributed by atoms with E-state index in [0.29, 0.717) is 33.8 Å². The molecule has 0 aliphatic rings. The summed E-state index contributed by atoms with van der Waals surface area (Å²) in [4.78, 5) is 12.6. The quantitative estimate of drug-likeness (QED) is 0.516. The van der Waals surface area contributed by atoms with E-state index in [1.807, 2.05) is 42.5 Å². The number of halogens is 2. The summed E-state index contributed by atoms with van der Waals surface area (Å²) in [7, 11) is 0.